The van der Waals surface area contributed by atoms with Gasteiger partial charge in [0.15, 0.2) is 0 Å². The molecule has 2 N–H and O–H groups in total. The first-order valence-electron chi connectivity index (χ1n) is 6.19. The van der Waals surface area contributed by atoms with Crippen LogP contribution in [0, 0.1) is 11.8 Å². The molecule has 2 aliphatic heterocycles. The standard InChI is InChI=1S/C11H19N3O4/c1-8-6-13(7-9(8)10(15)16)11(17)12-14-2-4-18-5-3-14/h8-9H,2-7H2,1H3,(H,12,17)(H,15,16). The fraction of sp³-hybridized carbons (Fsp3) is 0.818. The molecule has 0 bridgehead atoms. The van der Waals surface area contributed by atoms with E-state index in [1.807, 2.05) is 11.9 Å². The highest BCUT2D eigenvalue weighted by atomic mass is 16.5. The lowest BCUT2D eigenvalue weighted by molar-refractivity contribution is -0.142. The minimum absolute atomic E-state index is 0.00191. The van der Waals surface area contributed by atoms with Crippen molar-refractivity contribution >= 4 is 12.0 Å². The number of aliphatic carboxylic acids is 1. The number of hydrazine groups is 1. The molecule has 0 saturated carbocycles. The van der Waals surface area contributed by atoms with Gasteiger partial charge in [-0.05, 0) is 5.92 Å². The summed E-state index contributed by atoms with van der Waals surface area (Å²) in [5, 5.41) is 10.8. The molecule has 18 heavy (non-hydrogen) atoms. The van der Waals surface area contributed by atoms with Crippen molar-refractivity contribution in [3.05, 3.63) is 0 Å². The first kappa shape index (κ1) is 13.1. The van der Waals surface area contributed by atoms with E-state index in [4.69, 9.17) is 9.84 Å². The molecule has 0 spiro atoms. The van der Waals surface area contributed by atoms with Crippen molar-refractivity contribution in [2.24, 2.45) is 11.8 Å². The molecule has 2 rings (SSSR count). The molecular weight excluding hydrogens is 238 g/mol. The van der Waals surface area contributed by atoms with Crippen molar-refractivity contribution in [3.8, 4) is 0 Å². The number of nitrogens with one attached hydrogen (secondary N) is 1. The van der Waals surface area contributed by atoms with Crippen molar-refractivity contribution in [1.82, 2.24) is 15.3 Å². The summed E-state index contributed by atoms with van der Waals surface area (Å²) in [4.78, 5) is 24.5. The first-order chi connectivity index (χ1) is 8.58. The van der Waals surface area contributed by atoms with Gasteiger partial charge in [0, 0.05) is 26.2 Å². The largest absolute Gasteiger partial charge is 0.481 e. The van der Waals surface area contributed by atoms with E-state index in [0.717, 1.165) is 0 Å². The molecule has 0 aromatic rings. The van der Waals surface area contributed by atoms with Crippen molar-refractivity contribution in [2.75, 3.05) is 39.4 Å². The van der Waals surface area contributed by atoms with E-state index in [1.165, 1.54) is 0 Å². The van der Waals surface area contributed by atoms with Crippen molar-refractivity contribution in [2.45, 2.75) is 6.92 Å². The Morgan fingerprint density at radius 2 is 1.94 bits per heavy atom. The number of hydrogen-bond acceptors (Lipinski definition) is 4. The zero-order valence-electron chi connectivity index (χ0n) is 10.5. The van der Waals surface area contributed by atoms with Crippen LogP contribution in [0.25, 0.3) is 0 Å². The highest BCUT2D eigenvalue weighted by molar-refractivity contribution is 5.77. The summed E-state index contributed by atoms with van der Waals surface area (Å²) in [7, 11) is 0. The second-order valence-electron chi connectivity index (χ2n) is 4.84. The summed E-state index contributed by atoms with van der Waals surface area (Å²) in [5.74, 6) is -1.29. The topological polar surface area (TPSA) is 82.1 Å². The van der Waals surface area contributed by atoms with Gasteiger partial charge < -0.3 is 14.7 Å². The monoisotopic (exact) mass is 257 g/mol. The number of carbonyl (C=O) groups excluding carboxylic acids is 1. The number of carbonyl (C=O) groups is 2. The van der Waals surface area contributed by atoms with E-state index in [2.05, 4.69) is 5.43 Å². The summed E-state index contributed by atoms with van der Waals surface area (Å²) in [5.41, 5.74) is 2.79. The molecule has 0 aromatic heterocycles. The molecule has 2 fully saturated rings. The molecule has 0 aromatic carbocycles. The first-order valence-corrected chi connectivity index (χ1v) is 6.19. The van der Waals surface area contributed by atoms with Crippen molar-refractivity contribution in [1.29, 1.82) is 0 Å². The van der Waals surface area contributed by atoms with E-state index in [1.54, 1.807) is 4.90 Å². The smallest absolute Gasteiger partial charge is 0.331 e. The van der Waals surface area contributed by atoms with E-state index < -0.39 is 11.9 Å². The number of nitrogens with zero attached hydrogens (tertiary/aromatic N) is 2. The van der Waals surface area contributed by atoms with Crippen LogP contribution < -0.4 is 5.43 Å². The van der Waals surface area contributed by atoms with Gasteiger partial charge >= 0.3 is 12.0 Å². The van der Waals surface area contributed by atoms with E-state index in [-0.39, 0.29) is 18.5 Å². The summed E-state index contributed by atoms with van der Waals surface area (Å²) in [6.45, 7) is 5.18. The lowest BCUT2D eigenvalue weighted by atomic mass is 9.99. The fourth-order valence-corrected chi connectivity index (χ4v) is 2.34. The van der Waals surface area contributed by atoms with Crippen LogP contribution in [-0.2, 0) is 9.53 Å². The minimum atomic E-state index is -0.829. The maximum Gasteiger partial charge on any atom is 0.331 e. The Hall–Kier alpha value is -1.34. The van der Waals surface area contributed by atoms with Gasteiger partial charge in [-0.25, -0.2) is 9.80 Å². The van der Waals surface area contributed by atoms with E-state index >= 15 is 0 Å². The Kier molecular flexibility index (Phi) is 4.03. The Bertz CT molecular complexity index is 330. The second kappa shape index (κ2) is 5.53. The predicted octanol–water partition coefficient (Wildman–Crippen LogP) is -0.404. The number of morpholine rings is 1. The van der Waals surface area contributed by atoms with Crippen LogP contribution in [0.15, 0.2) is 0 Å². The zero-order chi connectivity index (χ0) is 13.1. The Morgan fingerprint density at radius 3 is 2.50 bits per heavy atom. The number of urea groups is 1. The van der Waals surface area contributed by atoms with Crippen molar-refractivity contribution < 1.29 is 19.4 Å². The van der Waals surface area contributed by atoms with Crippen LogP contribution in [0.2, 0.25) is 0 Å². The molecule has 2 amide bonds. The third-order valence-corrected chi connectivity index (χ3v) is 3.48. The average molecular weight is 257 g/mol. The molecule has 2 saturated heterocycles. The summed E-state index contributed by atoms with van der Waals surface area (Å²) in [6.07, 6.45) is 0. The number of amides is 2. The highest BCUT2D eigenvalue weighted by Gasteiger charge is 2.37. The Morgan fingerprint density at radius 1 is 1.28 bits per heavy atom. The normalized spacial score (nSPS) is 29.3. The summed E-state index contributed by atoms with van der Waals surface area (Å²) >= 11 is 0. The zero-order valence-corrected chi connectivity index (χ0v) is 10.5. The van der Waals surface area contributed by atoms with Gasteiger partial charge in [-0.2, -0.15) is 0 Å². The molecule has 102 valence electrons. The molecule has 2 atom stereocenters. The third kappa shape index (κ3) is 2.91. The maximum atomic E-state index is 12.0. The van der Waals surface area contributed by atoms with E-state index in [9.17, 15) is 9.59 Å². The van der Waals surface area contributed by atoms with Crippen LogP contribution in [-0.4, -0.2) is 66.4 Å². The Balaban J connectivity index is 1.84. The number of carboxylic acid groups (broad SMARTS) is 1. The lowest BCUT2D eigenvalue weighted by Crippen LogP contribution is -2.52. The van der Waals surface area contributed by atoms with Gasteiger partial charge in [0.1, 0.15) is 0 Å². The van der Waals surface area contributed by atoms with Crippen molar-refractivity contribution in [3.63, 3.8) is 0 Å². The number of carboxylic acids is 1. The predicted molar refractivity (Wildman–Crippen MR) is 62.8 cm³/mol. The van der Waals surface area contributed by atoms with Crippen LogP contribution in [0.4, 0.5) is 4.79 Å². The molecule has 0 radical (unpaired) electrons. The van der Waals surface area contributed by atoms with Gasteiger partial charge in [-0.3, -0.25) is 10.2 Å². The number of rotatable bonds is 2. The molecular formula is C11H19N3O4. The third-order valence-electron chi connectivity index (χ3n) is 3.48. The molecule has 2 heterocycles. The SMILES string of the molecule is CC1CN(C(=O)NN2CCOCC2)CC1C(=O)O. The molecule has 2 aliphatic rings. The fourth-order valence-electron chi connectivity index (χ4n) is 2.34. The van der Waals surface area contributed by atoms with Gasteiger partial charge in [0.25, 0.3) is 0 Å². The van der Waals surface area contributed by atoms with Gasteiger partial charge in [0.05, 0.1) is 19.1 Å². The molecule has 2 unspecified atom stereocenters. The number of ether oxygens (including phenoxy) is 1. The van der Waals surface area contributed by atoms with Crippen LogP contribution in [0.3, 0.4) is 0 Å². The van der Waals surface area contributed by atoms with Gasteiger partial charge in [0.2, 0.25) is 0 Å². The minimum Gasteiger partial charge on any atom is -0.481 e. The second-order valence-corrected chi connectivity index (χ2v) is 4.84. The van der Waals surface area contributed by atoms with E-state index in [0.29, 0.717) is 32.8 Å². The van der Waals surface area contributed by atoms with Crippen LogP contribution >= 0.6 is 0 Å². The summed E-state index contributed by atoms with van der Waals surface area (Å²) in [6, 6.07) is -0.215. The highest BCUT2D eigenvalue weighted by Crippen LogP contribution is 2.23. The number of hydrogen-bond donors (Lipinski definition) is 2. The Labute approximate surface area is 106 Å². The molecule has 7 nitrogen and oxygen atoms in total. The van der Waals surface area contributed by atoms with Crippen LogP contribution in [0.5, 0.6) is 0 Å². The van der Waals surface area contributed by atoms with Crippen LogP contribution in [0.1, 0.15) is 6.92 Å². The van der Waals surface area contributed by atoms with Gasteiger partial charge in [-0.15, -0.1) is 0 Å². The average Bonchev–Trinajstić information content (AvgIpc) is 2.73. The quantitative estimate of drug-likeness (QED) is 0.703. The van der Waals surface area contributed by atoms with Gasteiger partial charge in [-0.1, -0.05) is 6.92 Å². The molecule has 7 heteroatoms. The maximum absolute atomic E-state index is 12.0. The number of likely N-dealkylation sites (tertiary alicyclic amines) is 1. The molecule has 0 aliphatic carbocycles. The summed E-state index contributed by atoms with van der Waals surface area (Å²) < 4.78 is 5.19. The lowest BCUT2D eigenvalue weighted by Gasteiger charge is -2.29.